The average Bonchev–Trinajstić information content (AvgIpc) is 2.86. The van der Waals surface area contributed by atoms with Crippen LogP contribution >= 0.6 is 11.6 Å². The van der Waals surface area contributed by atoms with Crippen LogP contribution in [0.4, 0.5) is 4.79 Å². The maximum absolute atomic E-state index is 12.8. The van der Waals surface area contributed by atoms with Gasteiger partial charge in [0.25, 0.3) is 5.91 Å². The lowest BCUT2D eigenvalue weighted by molar-refractivity contribution is -0.148. The molecule has 7 heteroatoms. The normalized spacial score (nSPS) is 19.1. The third-order valence-corrected chi connectivity index (χ3v) is 4.76. The quantitative estimate of drug-likeness (QED) is 0.632. The number of urea groups is 1. The van der Waals surface area contributed by atoms with E-state index in [4.69, 9.17) is 16.3 Å². The van der Waals surface area contributed by atoms with Gasteiger partial charge in [-0.1, -0.05) is 53.6 Å². The third-order valence-electron chi connectivity index (χ3n) is 4.50. The summed E-state index contributed by atoms with van der Waals surface area (Å²) in [5.41, 5.74) is 1.25. The van der Waals surface area contributed by atoms with E-state index in [0.717, 1.165) is 16.0 Å². The Bertz CT molecular complexity index is 880. The number of carbonyl (C=O) groups excluding carboxylic acids is 3. The molecule has 1 heterocycles. The Balaban J connectivity index is 1.65. The number of carbonyl (C=O) groups is 3. The summed E-state index contributed by atoms with van der Waals surface area (Å²) in [5, 5.41) is 3.25. The first-order chi connectivity index (χ1) is 12.8. The second kappa shape index (κ2) is 7.40. The zero-order valence-corrected chi connectivity index (χ0v) is 15.7. The van der Waals surface area contributed by atoms with E-state index < -0.39 is 30.0 Å². The maximum atomic E-state index is 12.8. The van der Waals surface area contributed by atoms with Crippen LogP contribution in [0, 0.1) is 6.92 Å². The summed E-state index contributed by atoms with van der Waals surface area (Å²) in [6, 6.07) is 13.5. The van der Waals surface area contributed by atoms with E-state index in [1.807, 2.05) is 19.1 Å². The fourth-order valence-corrected chi connectivity index (χ4v) is 2.97. The zero-order chi connectivity index (χ0) is 19.6. The van der Waals surface area contributed by atoms with Crippen molar-refractivity contribution in [3.8, 4) is 0 Å². The summed E-state index contributed by atoms with van der Waals surface area (Å²) < 4.78 is 5.16. The van der Waals surface area contributed by atoms with Gasteiger partial charge in [-0.15, -0.1) is 0 Å². The number of halogens is 1. The highest BCUT2D eigenvalue weighted by atomic mass is 35.5. The van der Waals surface area contributed by atoms with Gasteiger partial charge < -0.3 is 10.1 Å². The van der Waals surface area contributed by atoms with Crippen molar-refractivity contribution in [3.05, 3.63) is 70.2 Å². The molecule has 0 unspecified atom stereocenters. The molecule has 0 saturated carbocycles. The van der Waals surface area contributed by atoms with Crippen LogP contribution in [0.3, 0.4) is 0 Å². The smallest absolute Gasteiger partial charge is 0.326 e. The molecule has 1 fully saturated rings. The van der Waals surface area contributed by atoms with Crippen LogP contribution in [-0.4, -0.2) is 29.4 Å². The Morgan fingerprint density at radius 2 is 1.74 bits per heavy atom. The van der Waals surface area contributed by atoms with E-state index in [9.17, 15) is 14.4 Å². The second-order valence-electron chi connectivity index (χ2n) is 6.60. The lowest BCUT2D eigenvalue weighted by Crippen LogP contribution is -2.41. The van der Waals surface area contributed by atoms with E-state index in [2.05, 4.69) is 5.32 Å². The molecule has 2 aromatic rings. The minimum atomic E-state index is -1.21. The van der Waals surface area contributed by atoms with Gasteiger partial charge in [0, 0.05) is 5.02 Å². The Morgan fingerprint density at radius 1 is 1.11 bits per heavy atom. The molecule has 1 saturated heterocycles. The number of esters is 1. The molecule has 3 amide bonds. The van der Waals surface area contributed by atoms with Gasteiger partial charge in [-0.3, -0.25) is 14.5 Å². The minimum absolute atomic E-state index is 0.0366. The first-order valence-corrected chi connectivity index (χ1v) is 8.79. The van der Waals surface area contributed by atoms with Gasteiger partial charge >= 0.3 is 12.0 Å². The van der Waals surface area contributed by atoms with E-state index in [-0.39, 0.29) is 6.61 Å². The molecular formula is C20H19ClN2O4. The summed E-state index contributed by atoms with van der Waals surface area (Å²) in [5.74, 6) is -1.15. The predicted molar refractivity (Wildman–Crippen MR) is 100 cm³/mol. The molecule has 1 atom stereocenters. The highest BCUT2D eigenvalue weighted by molar-refractivity contribution is 6.30. The van der Waals surface area contributed by atoms with Crippen molar-refractivity contribution in [3.63, 3.8) is 0 Å². The van der Waals surface area contributed by atoms with Crippen molar-refractivity contribution in [2.75, 3.05) is 6.54 Å². The Hall–Kier alpha value is -2.86. The van der Waals surface area contributed by atoms with Crippen LogP contribution in [0.1, 0.15) is 23.6 Å². The highest BCUT2D eigenvalue weighted by Gasteiger charge is 2.49. The number of benzene rings is 2. The number of amides is 3. The van der Waals surface area contributed by atoms with Gasteiger partial charge in [0.15, 0.2) is 0 Å². The van der Waals surface area contributed by atoms with E-state index in [1.165, 1.54) is 0 Å². The van der Waals surface area contributed by atoms with Gasteiger partial charge in [-0.05, 0) is 37.1 Å². The summed E-state index contributed by atoms with van der Waals surface area (Å²) in [6.45, 7) is 3.15. The van der Waals surface area contributed by atoms with Gasteiger partial charge in [0.05, 0.1) is 0 Å². The topological polar surface area (TPSA) is 75.7 Å². The van der Waals surface area contributed by atoms with E-state index in [1.54, 1.807) is 43.3 Å². The predicted octanol–water partition coefficient (Wildman–Crippen LogP) is 3.16. The van der Waals surface area contributed by atoms with Crippen molar-refractivity contribution in [2.45, 2.75) is 26.0 Å². The summed E-state index contributed by atoms with van der Waals surface area (Å²) >= 11 is 5.81. The molecule has 27 heavy (non-hydrogen) atoms. The monoisotopic (exact) mass is 386 g/mol. The van der Waals surface area contributed by atoms with Crippen molar-refractivity contribution < 1.29 is 19.1 Å². The number of aryl methyl sites for hydroxylation is 1. The number of nitrogens with zero attached hydrogens (tertiary/aromatic N) is 1. The molecule has 0 aliphatic carbocycles. The lowest BCUT2D eigenvalue weighted by atomic mass is 9.91. The number of nitrogens with one attached hydrogen (secondary N) is 1. The Morgan fingerprint density at radius 3 is 2.37 bits per heavy atom. The fourth-order valence-electron chi connectivity index (χ4n) is 2.84. The summed E-state index contributed by atoms with van der Waals surface area (Å²) in [6.07, 6.45) is 0. The van der Waals surface area contributed by atoms with Gasteiger partial charge in [0.2, 0.25) is 0 Å². The standard InChI is InChI=1S/C20H19ClN2O4/c1-13-3-7-15(8-4-13)20(2)18(25)23(19(26)22-20)11-17(24)27-12-14-5-9-16(21)10-6-14/h3-10H,11-12H2,1-2H3,(H,22,26)/t20-/m0/s1. The molecule has 6 nitrogen and oxygen atoms in total. The summed E-state index contributed by atoms with van der Waals surface area (Å²) in [4.78, 5) is 38.0. The highest BCUT2D eigenvalue weighted by Crippen LogP contribution is 2.29. The van der Waals surface area contributed by atoms with Gasteiger partial charge in [0.1, 0.15) is 18.7 Å². The largest absolute Gasteiger partial charge is 0.459 e. The molecule has 0 bridgehead atoms. The number of hydrogen-bond acceptors (Lipinski definition) is 4. The zero-order valence-electron chi connectivity index (χ0n) is 15.0. The van der Waals surface area contributed by atoms with Crippen molar-refractivity contribution in [2.24, 2.45) is 0 Å². The molecule has 0 aromatic heterocycles. The number of ether oxygens (including phenoxy) is 1. The van der Waals surface area contributed by atoms with Gasteiger partial charge in [-0.25, -0.2) is 4.79 Å². The Labute approximate surface area is 162 Å². The Kier molecular flexibility index (Phi) is 5.19. The first kappa shape index (κ1) is 18.9. The van der Waals surface area contributed by atoms with Crippen LogP contribution in [0.5, 0.6) is 0 Å². The number of imide groups is 1. The summed E-state index contributed by atoms with van der Waals surface area (Å²) in [7, 11) is 0. The second-order valence-corrected chi connectivity index (χ2v) is 7.04. The minimum Gasteiger partial charge on any atom is -0.459 e. The molecule has 0 spiro atoms. The van der Waals surface area contributed by atoms with Crippen LogP contribution in [0.25, 0.3) is 0 Å². The van der Waals surface area contributed by atoms with Crippen molar-refractivity contribution in [1.82, 2.24) is 10.2 Å². The SMILES string of the molecule is Cc1ccc([C@]2(C)NC(=O)N(CC(=O)OCc3ccc(Cl)cc3)C2=O)cc1. The molecule has 3 rings (SSSR count). The molecular weight excluding hydrogens is 368 g/mol. The number of hydrogen-bond donors (Lipinski definition) is 1. The molecule has 140 valence electrons. The molecule has 0 radical (unpaired) electrons. The van der Waals surface area contributed by atoms with Gasteiger partial charge in [-0.2, -0.15) is 0 Å². The van der Waals surface area contributed by atoms with Crippen LogP contribution in [-0.2, 0) is 26.5 Å². The van der Waals surface area contributed by atoms with Crippen LogP contribution < -0.4 is 5.32 Å². The van der Waals surface area contributed by atoms with Crippen molar-refractivity contribution >= 4 is 29.5 Å². The van der Waals surface area contributed by atoms with Crippen molar-refractivity contribution in [1.29, 1.82) is 0 Å². The van der Waals surface area contributed by atoms with E-state index in [0.29, 0.717) is 10.6 Å². The average molecular weight is 387 g/mol. The third kappa shape index (κ3) is 3.95. The van der Waals surface area contributed by atoms with Crippen LogP contribution in [0.2, 0.25) is 5.02 Å². The molecule has 1 aliphatic heterocycles. The maximum Gasteiger partial charge on any atom is 0.326 e. The molecule has 1 aliphatic rings. The lowest BCUT2D eigenvalue weighted by Gasteiger charge is -2.22. The number of rotatable bonds is 5. The fraction of sp³-hybridized carbons (Fsp3) is 0.250. The molecule has 2 aromatic carbocycles. The first-order valence-electron chi connectivity index (χ1n) is 8.41. The van der Waals surface area contributed by atoms with Crippen LogP contribution in [0.15, 0.2) is 48.5 Å². The van der Waals surface area contributed by atoms with E-state index >= 15 is 0 Å². The molecule has 1 N–H and O–H groups in total.